The average Bonchev–Trinajstić information content (AvgIpc) is 3.39. The number of thiophene rings is 1. The molecule has 2 unspecified atom stereocenters. The lowest BCUT2D eigenvalue weighted by Gasteiger charge is -2.29. The fourth-order valence-electron chi connectivity index (χ4n) is 2.54. The second-order valence-electron chi connectivity index (χ2n) is 6.83. The number of carbonyl (C=O) groups is 2. The summed E-state index contributed by atoms with van der Waals surface area (Å²) in [4.78, 5) is 26.5. The molecule has 2 rings (SSSR count). The van der Waals surface area contributed by atoms with E-state index < -0.39 is 24.0 Å². The van der Waals surface area contributed by atoms with E-state index in [1.807, 2.05) is 64.3 Å². The van der Waals surface area contributed by atoms with E-state index in [1.165, 1.54) is 11.0 Å². The molecular weight excluding hydrogens is 443 g/mol. The molecule has 0 bridgehead atoms. The number of halogens is 1. The molecule has 190 valence electrons. The highest BCUT2D eigenvalue weighted by molar-refractivity contribution is 7.09. The van der Waals surface area contributed by atoms with Gasteiger partial charge in [-0.25, -0.2) is 4.39 Å². The van der Waals surface area contributed by atoms with Crippen LogP contribution in [-0.4, -0.2) is 58.8 Å². The van der Waals surface area contributed by atoms with Gasteiger partial charge in [0.05, 0.1) is 6.33 Å². The van der Waals surface area contributed by atoms with Gasteiger partial charge in [0.1, 0.15) is 0 Å². The highest BCUT2D eigenvalue weighted by Gasteiger charge is 2.33. The van der Waals surface area contributed by atoms with Crippen molar-refractivity contribution in [3.8, 4) is 0 Å². The van der Waals surface area contributed by atoms with Crippen LogP contribution in [0.25, 0.3) is 0 Å². The number of nitrogens with zero attached hydrogens (tertiary/aromatic N) is 1. The zero-order valence-corrected chi connectivity index (χ0v) is 21.6. The number of aliphatic hydroxyl groups excluding tert-OH is 2. The molecule has 33 heavy (non-hydrogen) atoms. The minimum Gasteiger partial charge on any atom is -0.380 e. The molecule has 2 amide bonds. The van der Waals surface area contributed by atoms with Crippen molar-refractivity contribution in [2.75, 3.05) is 19.6 Å². The van der Waals surface area contributed by atoms with E-state index in [1.54, 1.807) is 11.3 Å². The van der Waals surface area contributed by atoms with Crippen LogP contribution in [0, 0.1) is 0 Å². The van der Waals surface area contributed by atoms with E-state index in [-0.39, 0.29) is 0 Å². The highest BCUT2D eigenvalue weighted by atomic mass is 32.1. The van der Waals surface area contributed by atoms with Crippen molar-refractivity contribution < 1.29 is 24.2 Å². The summed E-state index contributed by atoms with van der Waals surface area (Å²) >= 11 is 1.59. The van der Waals surface area contributed by atoms with Crippen LogP contribution < -0.4 is 5.32 Å². The molecule has 2 heterocycles. The lowest BCUT2D eigenvalue weighted by molar-refractivity contribution is -0.153. The van der Waals surface area contributed by atoms with E-state index in [0.717, 1.165) is 30.6 Å². The van der Waals surface area contributed by atoms with Gasteiger partial charge in [-0.05, 0) is 57.4 Å². The Kier molecular flexibility index (Phi) is 23.2. The normalized spacial score (nSPS) is 14.7. The van der Waals surface area contributed by atoms with Gasteiger partial charge in [-0.15, -0.1) is 11.3 Å². The van der Waals surface area contributed by atoms with Gasteiger partial charge in [-0.2, -0.15) is 0 Å². The molecule has 1 fully saturated rings. The van der Waals surface area contributed by atoms with Gasteiger partial charge in [0.2, 0.25) is 0 Å². The molecule has 8 heteroatoms. The first kappa shape index (κ1) is 33.1. The number of amides is 2. The largest absolute Gasteiger partial charge is 0.380 e. The van der Waals surface area contributed by atoms with Gasteiger partial charge in [0.15, 0.2) is 12.2 Å². The van der Waals surface area contributed by atoms with Crippen molar-refractivity contribution in [3.63, 3.8) is 0 Å². The van der Waals surface area contributed by atoms with Gasteiger partial charge >= 0.3 is 0 Å². The molecule has 0 aromatic carbocycles. The Bertz CT molecular complexity index is 641. The molecule has 1 aromatic rings. The first-order valence-corrected chi connectivity index (χ1v) is 12.6. The van der Waals surface area contributed by atoms with Crippen molar-refractivity contribution in [1.29, 1.82) is 0 Å². The summed E-state index contributed by atoms with van der Waals surface area (Å²) in [5.41, 5.74) is 0. The summed E-state index contributed by atoms with van der Waals surface area (Å²) in [5.74, 6) is -1.28. The summed E-state index contributed by atoms with van der Waals surface area (Å²) in [6.45, 7) is 11.4. The molecule has 1 aromatic heterocycles. The molecule has 0 radical (unpaired) electrons. The smallest absolute Gasteiger partial charge is 0.254 e. The van der Waals surface area contributed by atoms with Crippen LogP contribution in [0.15, 0.2) is 42.1 Å². The summed E-state index contributed by atoms with van der Waals surface area (Å²) in [6, 6.07) is 3.89. The number of aliphatic hydroxyl groups is 2. The predicted molar refractivity (Wildman–Crippen MR) is 136 cm³/mol. The highest BCUT2D eigenvalue weighted by Crippen LogP contribution is 2.12. The number of piperidine rings is 1. The fraction of sp³-hybridized carbons (Fsp3) is 0.600. The van der Waals surface area contributed by atoms with E-state index >= 15 is 0 Å². The van der Waals surface area contributed by atoms with Crippen LogP contribution in [-0.2, 0) is 16.0 Å². The number of allylic oxidation sites excluding steroid dienone is 3. The third-order valence-corrected chi connectivity index (χ3v) is 5.33. The Balaban J connectivity index is 0. The fourth-order valence-corrected chi connectivity index (χ4v) is 3.25. The Morgan fingerprint density at radius 2 is 1.76 bits per heavy atom. The van der Waals surface area contributed by atoms with E-state index in [9.17, 15) is 24.2 Å². The zero-order valence-electron chi connectivity index (χ0n) is 20.8. The lowest BCUT2D eigenvalue weighted by atomic mass is 10.1. The number of carbonyl (C=O) groups excluding carboxylic acids is 2. The molecule has 1 aliphatic heterocycles. The van der Waals surface area contributed by atoms with Crippen LogP contribution in [0.4, 0.5) is 4.39 Å². The van der Waals surface area contributed by atoms with Crippen molar-refractivity contribution in [2.45, 2.75) is 78.9 Å². The molecule has 6 nitrogen and oxygen atoms in total. The summed E-state index contributed by atoms with van der Waals surface area (Å²) < 4.78 is 10.8. The summed E-state index contributed by atoms with van der Waals surface area (Å²) in [7, 11) is 0. The molecule has 0 aliphatic carbocycles. The average molecular weight is 487 g/mol. The topological polar surface area (TPSA) is 89.9 Å². The SMILES string of the molecule is C/C=C\C.CC.CC/C=C/F.O=C(NCCc1cccs1)C(O)C(O)C(=O)N1CCCCC1. The first-order valence-electron chi connectivity index (χ1n) is 11.7. The minimum absolute atomic E-state index is 0.362. The van der Waals surface area contributed by atoms with Crippen LogP contribution in [0.3, 0.4) is 0 Å². The second kappa shape index (κ2) is 23.1. The third-order valence-electron chi connectivity index (χ3n) is 4.40. The maximum Gasteiger partial charge on any atom is 0.254 e. The maximum absolute atomic E-state index is 12.0. The number of rotatable bonds is 7. The lowest BCUT2D eigenvalue weighted by Crippen LogP contribution is -2.52. The summed E-state index contributed by atoms with van der Waals surface area (Å²) in [5, 5.41) is 24.2. The Morgan fingerprint density at radius 1 is 1.15 bits per heavy atom. The number of likely N-dealkylation sites (tertiary alicyclic amines) is 1. The molecule has 0 spiro atoms. The van der Waals surface area contributed by atoms with Crippen molar-refractivity contribution >= 4 is 23.2 Å². The maximum atomic E-state index is 12.0. The molecule has 1 aliphatic rings. The van der Waals surface area contributed by atoms with Crippen LogP contribution in [0.2, 0.25) is 0 Å². The Hall–Kier alpha value is -2.03. The zero-order chi connectivity index (χ0) is 25.5. The number of nitrogens with one attached hydrogen (secondary N) is 1. The van der Waals surface area contributed by atoms with E-state index in [2.05, 4.69) is 5.32 Å². The van der Waals surface area contributed by atoms with Crippen LogP contribution in [0.5, 0.6) is 0 Å². The molecular formula is C25H43FN2O4S. The molecule has 1 saturated heterocycles. The third kappa shape index (κ3) is 16.3. The monoisotopic (exact) mass is 486 g/mol. The van der Waals surface area contributed by atoms with E-state index in [0.29, 0.717) is 32.4 Å². The van der Waals surface area contributed by atoms with Crippen molar-refractivity contribution in [3.05, 3.63) is 46.9 Å². The van der Waals surface area contributed by atoms with Gasteiger partial charge in [0.25, 0.3) is 11.8 Å². The van der Waals surface area contributed by atoms with Crippen LogP contribution >= 0.6 is 11.3 Å². The van der Waals surface area contributed by atoms with Gasteiger partial charge in [0, 0.05) is 24.5 Å². The second-order valence-corrected chi connectivity index (χ2v) is 7.86. The van der Waals surface area contributed by atoms with Crippen LogP contribution in [0.1, 0.15) is 65.2 Å². The summed E-state index contributed by atoms with van der Waals surface area (Å²) in [6.07, 6.45) is 6.88. The van der Waals surface area contributed by atoms with Gasteiger partial charge in [-0.3, -0.25) is 9.59 Å². The quantitative estimate of drug-likeness (QED) is 0.490. The van der Waals surface area contributed by atoms with Crippen molar-refractivity contribution in [2.24, 2.45) is 0 Å². The Labute approximate surface area is 203 Å². The number of hydrogen-bond acceptors (Lipinski definition) is 5. The molecule has 0 saturated carbocycles. The minimum atomic E-state index is -1.72. The standard InChI is InChI=1S/C15H22N2O4S.C4H7F.C4H8.C2H6/c18-12(13(19)15(21)17-8-2-1-3-9-17)14(20)16-7-6-11-5-4-10-22-11;1-2-3-4-5;1-3-4-2;1-2/h4-5,10,12-13,18-19H,1-3,6-9H2,(H,16,20);3-4H,2H2,1H3;3-4H,1-2H3;1-2H3/b;4-3+;4-3-;. The molecule has 2 atom stereocenters. The first-order chi connectivity index (χ1) is 15.9. The Morgan fingerprint density at radius 3 is 2.18 bits per heavy atom. The van der Waals surface area contributed by atoms with E-state index in [4.69, 9.17) is 0 Å². The van der Waals surface area contributed by atoms with Crippen molar-refractivity contribution in [1.82, 2.24) is 10.2 Å². The number of hydrogen-bond donors (Lipinski definition) is 3. The van der Waals surface area contributed by atoms with Gasteiger partial charge < -0.3 is 20.4 Å². The van der Waals surface area contributed by atoms with Gasteiger partial charge in [-0.1, -0.05) is 45.1 Å². The predicted octanol–water partition coefficient (Wildman–Crippen LogP) is 4.63. The molecule has 3 N–H and O–H groups in total.